The monoisotopic (exact) mass is 525 g/mol. The van der Waals surface area contributed by atoms with E-state index in [0.29, 0.717) is 25.8 Å². The molecule has 1 aromatic rings. The molecule has 4 N–H and O–H groups in total. The van der Waals surface area contributed by atoms with Crippen molar-refractivity contribution in [2.45, 2.75) is 77.0 Å². The van der Waals surface area contributed by atoms with Gasteiger partial charge < -0.3 is 25.5 Å². The van der Waals surface area contributed by atoms with Crippen LogP contribution in [0.25, 0.3) is 0 Å². The maximum absolute atomic E-state index is 12.6. The molecule has 1 aromatic heterocycles. The Morgan fingerprint density at radius 1 is 1.18 bits per heavy atom. The largest absolute Gasteiger partial charge is 0.393 e. The Balaban J connectivity index is 1.25. The van der Waals surface area contributed by atoms with Gasteiger partial charge in [-0.1, -0.05) is 24.6 Å². The lowest BCUT2D eigenvalue weighted by Gasteiger charge is -2.60. The lowest BCUT2D eigenvalue weighted by atomic mass is 9.45. The smallest absolute Gasteiger partial charge is 0.261 e. The molecule has 1 heterocycles. The van der Waals surface area contributed by atoms with Crippen LogP contribution in [0.5, 0.6) is 0 Å². The van der Waals surface area contributed by atoms with Gasteiger partial charge in [0, 0.05) is 24.4 Å². The van der Waals surface area contributed by atoms with Gasteiger partial charge in [0.2, 0.25) is 0 Å². The van der Waals surface area contributed by atoms with Crippen LogP contribution in [0, 0.1) is 28.6 Å². The summed E-state index contributed by atoms with van der Waals surface area (Å²) in [5.74, 6) is -0.414. The molecule has 9 heteroatoms. The molecular weight excluding hydrogens is 486 g/mol. The molecule has 0 unspecified atom stereocenters. The number of hydrogen-bond acceptors (Lipinski definition) is 8. The Morgan fingerprint density at radius 2 is 1.95 bits per heavy atom. The fourth-order valence-corrected chi connectivity index (χ4v) is 8.29. The van der Waals surface area contributed by atoms with Gasteiger partial charge in [0.1, 0.15) is 12.2 Å². The Morgan fingerprint density at radius 3 is 2.68 bits per heavy atom. The van der Waals surface area contributed by atoms with Crippen LogP contribution in [0.15, 0.2) is 41.3 Å². The Bertz CT molecular complexity index is 1140. The number of hydrogen-bond donors (Lipinski definition) is 4. The number of aliphatic hydroxyl groups is 3. The molecule has 3 fully saturated rings. The summed E-state index contributed by atoms with van der Waals surface area (Å²) in [6.45, 7) is 3.73. The van der Waals surface area contributed by atoms with E-state index >= 15 is 0 Å². The summed E-state index contributed by atoms with van der Waals surface area (Å²) in [6, 6.07) is 3.68. The van der Waals surface area contributed by atoms with Crippen LogP contribution >= 0.6 is 0 Å². The Hall–Kier alpha value is -2.62. The highest BCUT2D eigenvalue weighted by molar-refractivity contribution is 5.96. The van der Waals surface area contributed by atoms with Crippen molar-refractivity contribution < 1.29 is 29.7 Å². The molecule has 0 spiro atoms. The molecule has 3 saturated carbocycles. The predicted molar refractivity (Wildman–Crippen MR) is 140 cm³/mol. The summed E-state index contributed by atoms with van der Waals surface area (Å²) in [6.07, 6.45) is 9.44. The van der Waals surface area contributed by atoms with E-state index < -0.39 is 29.5 Å². The van der Waals surface area contributed by atoms with Crippen molar-refractivity contribution in [1.82, 2.24) is 10.3 Å². The van der Waals surface area contributed by atoms with Crippen molar-refractivity contribution in [3.8, 4) is 0 Å². The molecule has 0 bridgehead atoms. The van der Waals surface area contributed by atoms with E-state index in [2.05, 4.69) is 28.5 Å². The van der Waals surface area contributed by atoms with Gasteiger partial charge in [0.25, 0.3) is 5.91 Å². The zero-order valence-corrected chi connectivity index (χ0v) is 22.2. The molecule has 0 aromatic carbocycles. The first-order valence-corrected chi connectivity index (χ1v) is 13.7. The highest BCUT2D eigenvalue weighted by atomic mass is 16.6. The number of nitrogens with one attached hydrogen (secondary N) is 1. The van der Waals surface area contributed by atoms with Gasteiger partial charge in [-0.15, -0.1) is 0 Å². The lowest BCUT2D eigenvalue weighted by Crippen LogP contribution is -2.62. The Kier molecular flexibility index (Phi) is 7.22. The number of pyridine rings is 1. The van der Waals surface area contributed by atoms with E-state index in [1.165, 1.54) is 5.57 Å². The minimum absolute atomic E-state index is 0.0357. The Labute approximate surface area is 223 Å². The third-order valence-electron chi connectivity index (χ3n) is 10.3. The zero-order chi connectivity index (χ0) is 27.1. The third kappa shape index (κ3) is 4.38. The number of allylic oxidation sites excluding steroid dienone is 2. The first-order valence-electron chi connectivity index (χ1n) is 13.7. The third-order valence-corrected chi connectivity index (χ3v) is 10.3. The van der Waals surface area contributed by atoms with Crippen LogP contribution in [0.3, 0.4) is 0 Å². The topological polar surface area (TPSA) is 141 Å². The van der Waals surface area contributed by atoms with Gasteiger partial charge in [0.15, 0.2) is 12.4 Å². The summed E-state index contributed by atoms with van der Waals surface area (Å²) in [7, 11) is 0. The second-order valence-electron chi connectivity index (χ2n) is 12.1. The number of fused-ring (bicyclic) bond motifs is 5. The van der Waals surface area contributed by atoms with Crippen molar-refractivity contribution >= 4 is 17.4 Å². The number of carbonyl (C=O) groups is 2. The van der Waals surface area contributed by atoms with Crippen molar-refractivity contribution in [1.29, 1.82) is 0 Å². The molecule has 0 aliphatic heterocycles. The summed E-state index contributed by atoms with van der Waals surface area (Å²) in [5, 5.41) is 39.4. The van der Waals surface area contributed by atoms with Crippen molar-refractivity contribution in [2.75, 3.05) is 13.2 Å². The predicted octanol–water partition coefficient (Wildman–Crippen LogP) is 2.30. The number of aromatic nitrogens is 1. The molecule has 0 saturated heterocycles. The first-order chi connectivity index (χ1) is 18.1. The second kappa shape index (κ2) is 10.2. The number of aliphatic hydroxyl groups excluding tert-OH is 2. The molecule has 206 valence electrons. The average molecular weight is 526 g/mol. The van der Waals surface area contributed by atoms with Gasteiger partial charge in [-0.3, -0.25) is 14.6 Å². The normalized spacial score (nSPS) is 39.0. The number of amides is 1. The summed E-state index contributed by atoms with van der Waals surface area (Å²) >= 11 is 0. The lowest BCUT2D eigenvalue weighted by molar-refractivity contribution is -0.181. The van der Waals surface area contributed by atoms with E-state index in [1.807, 2.05) is 19.1 Å². The molecule has 5 rings (SSSR count). The van der Waals surface area contributed by atoms with Gasteiger partial charge in [-0.25, -0.2) is 0 Å². The van der Waals surface area contributed by atoms with E-state index in [4.69, 9.17) is 4.84 Å². The fraction of sp³-hybridized carbons (Fsp3) is 0.655. The van der Waals surface area contributed by atoms with E-state index in [-0.39, 0.29) is 35.7 Å². The molecular formula is C29H39N3O6. The molecule has 9 nitrogen and oxygen atoms in total. The molecule has 0 radical (unpaired) electrons. The van der Waals surface area contributed by atoms with Gasteiger partial charge >= 0.3 is 0 Å². The molecule has 4 aliphatic carbocycles. The van der Waals surface area contributed by atoms with E-state index in [9.17, 15) is 24.9 Å². The van der Waals surface area contributed by atoms with Crippen LogP contribution in [0.1, 0.15) is 64.4 Å². The summed E-state index contributed by atoms with van der Waals surface area (Å²) in [4.78, 5) is 34.1. The van der Waals surface area contributed by atoms with Gasteiger partial charge in [0.05, 0.1) is 11.8 Å². The highest BCUT2D eigenvalue weighted by Crippen LogP contribution is 2.67. The van der Waals surface area contributed by atoms with Crippen LogP contribution in [0.2, 0.25) is 0 Å². The number of nitrogens with zero attached hydrogens (tertiary/aromatic N) is 2. The second-order valence-corrected chi connectivity index (χ2v) is 12.1. The standard InChI is InChI=1S/C29H39N3O6/c1-27-9-5-20(32-38-17-25(36)31-15-18-7-11-30-12-8-18)13-19(27)3-4-21-22-6-10-29(37,24(35)16-33)28(22,2)14-23(34)26(21)27/h7-8,11-13,21-23,26,33-34,37H,3-6,9-10,14-17H2,1-2H3,(H,31,36)/t21-,22-,23-,26+,27+,28-,29+/m1/s1. The number of ketones is 1. The summed E-state index contributed by atoms with van der Waals surface area (Å²) in [5.41, 5.74) is 0.487. The molecule has 7 atom stereocenters. The number of Topliss-reactive ketones (excluding diaryl/α,β-unsaturated/α-hetero) is 1. The minimum atomic E-state index is -1.58. The van der Waals surface area contributed by atoms with Crippen molar-refractivity contribution in [3.05, 3.63) is 41.7 Å². The molecule has 38 heavy (non-hydrogen) atoms. The average Bonchev–Trinajstić information content (AvgIpc) is 3.18. The zero-order valence-electron chi connectivity index (χ0n) is 22.2. The van der Waals surface area contributed by atoms with Crippen molar-refractivity contribution in [3.63, 3.8) is 0 Å². The van der Waals surface area contributed by atoms with Crippen LogP contribution in [-0.2, 0) is 21.0 Å². The highest BCUT2D eigenvalue weighted by Gasteiger charge is 2.68. The maximum atomic E-state index is 12.6. The molecule has 1 amide bonds. The van der Waals surface area contributed by atoms with Gasteiger partial charge in [-0.05, 0) is 91.9 Å². The number of carbonyl (C=O) groups excluding carboxylic acids is 2. The first kappa shape index (κ1) is 27.0. The number of oxime groups is 1. The fourth-order valence-electron chi connectivity index (χ4n) is 8.29. The maximum Gasteiger partial charge on any atom is 0.261 e. The number of rotatable bonds is 7. The van der Waals surface area contributed by atoms with Crippen molar-refractivity contribution in [2.24, 2.45) is 33.7 Å². The van der Waals surface area contributed by atoms with Gasteiger partial charge in [-0.2, -0.15) is 0 Å². The summed E-state index contributed by atoms with van der Waals surface area (Å²) < 4.78 is 0. The quantitative estimate of drug-likeness (QED) is 0.400. The molecule has 4 aliphatic rings. The van der Waals surface area contributed by atoms with E-state index in [0.717, 1.165) is 37.0 Å². The van der Waals surface area contributed by atoms with Crippen LogP contribution < -0.4 is 5.32 Å². The van der Waals surface area contributed by atoms with Crippen LogP contribution in [-0.4, -0.2) is 62.6 Å². The SMILES string of the molecule is C[C@]12CCC(=NOCC(=O)NCc3ccncc3)C=C1CC[C@H]1[C@H]2[C@H](O)C[C@]2(C)[C@@H]1CC[C@]2(O)C(=O)CO. The van der Waals surface area contributed by atoms with E-state index in [1.54, 1.807) is 12.4 Å². The minimum Gasteiger partial charge on any atom is -0.393 e. The van der Waals surface area contributed by atoms with Crippen LogP contribution in [0.4, 0.5) is 0 Å².